The minimum Gasteiger partial charge on any atom is -0.478 e. The number of carboxylic acids is 1. The number of aryl methyl sites for hydroxylation is 1. The van der Waals surface area contributed by atoms with E-state index in [1.807, 2.05) is 0 Å². The number of rotatable bonds is 3. The zero-order valence-corrected chi connectivity index (χ0v) is 10.7. The van der Waals surface area contributed by atoms with Crippen LogP contribution in [0, 0.1) is 12.7 Å². The Morgan fingerprint density at radius 3 is 2.55 bits per heavy atom. The van der Waals surface area contributed by atoms with Crippen molar-refractivity contribution < 1.29 is 19.1 Å². The summed E-state index contributed by atoms with van der Waals surface area (Å²) in [7, 11) is 0. The Balaban J connectivity index is 2.26. The lowest BCUT2D eigenvalue weighted by atomic mass is 10.1. The van der Waals surface area contributed by atoms with E-state index in [4.69, 9.17) is 5.11 Å². The van der Waals surface area contributed by atoms with Crippen molar-refractivity contribution in [2.24, 2.45) is 0 Å². The van der Waals surface area contributed by atoms with Crippen LogP contribution in [0.4, 0.5) is 10.1 Å². The van der Waals surface area contributed by atoms with Crippen LogP contribution >= 0.6 is 0 Å². The molecule has 0 spiro atoms. The zero-order chi connectivity index (χ0) is 14.7. The van der Waals surface area contributed by atoms with Gasteiger partial charge in [0.2, 0.25) is 0 Å². The molecule has 0 atom stereocenters. The molecular formula is C15H12FNO3. The molecule has 0 saturated carbocycles. The van der Waals surface area contributed by atoms with E-state index in [1.54, 1.807) is 19.1 Å². The van der Waals surface area contributed by atoms with E-state index in [2.05, 4.69) is 5.32 Å². The van der Waals surface area contributed by atoms with Crippen LogP contribution < -0.4 is 5.32 Å². The molecule has 2 aromatic rings. The van der Waals surface area contributed by atoms with Gasteiger partial charge >= 0.3 is 5.97 Å². The number of hydrogen-bond acceptors (Lipinski definition) is 2. The molecule has 0 heterocycles. The molecule has 0 unspecified atom stereocenters. The van der Waals surface area contributed by atoms with Gasteiger partial charge in [-0.25, -0.2) is 9.18 Å². The quantitative estimate of drug-likeness (QED) is 0.903. The Bertz CT molecular complexity index is 683. The number of aromatic carboxylic acids is 1. The molecule has 102 valence electrons. The summed E-state index contributed by atoms with van der Waals surface area (Å²) in [6, 6.07) is 10.3. The van der Waals surface area contributed by atoms with Gasteiger partial charge in [0.15, 0.2) is 0 Å². The summed E-state index contributed by atoms with van der Waals surface area (Å²) >= 11 is 0. The minimum atomic E-state index is -1.09. The first-order valence-corrected chi connectivity index (χ1v) is 5.89. The first kappa shape index (κ1) is 13.7. The van der Waals surface area contributed by atoms with E-state index >= 15 is 0 Å². The van der Waals surface area contributed by atoms with E-state index < -0.39 is 17.7 Å². The maximum absolute atomic E-state index is 13.8. The number of carbonyl (C=O) groups excluding carboxylic acids is 1. The van der Waals surface area contributed by atoms with E-state index in [-0.39, 0.29) is 11.1 Å². The van der Waals surface area contributed by atoms with Crippen molar-refractivity contribution in [3.05, 3.63) is 65.0 Å². The molecule has 20 heavy (non-hydrogen) atoms. The topological polar surface area (TPSA) is 66.4 Å². The van der Waals surface area contributed by atoms with E-state index in [9.17, 15) is 14.0 Å². The molecule has 5 heteroatoms. The lowest BCUT2D eigenvalue weighted by Gasteiger charge is -2.08. The Kier molecular flexibility index (Phi) is 3.79. The number of carboxylic acid groups (broad SMARTS) is 1. The molecular weight excluding hydrogens is 261 g/mol. The monoisotopic (exact) mass is 273 g/mol. The van der Waals surface area contributed by atoms with Crippen molar-refractivity contribution in [3.8, 4) is 0 Å². The third kappa shape index (κ3) is 2.83. The minimum absolute atomic E-state index is 0.0486. The SMILES string of the molecule is Cc1cccc(C(=O)Nc2cccc(C(=O)O)c2)c1F. The number of hydrogen-bond donors (Lipinski definition) is 2. The van der Waals surface area contributed by atoms with Gasteiger partial charge in [-0.1, -0.05) is 18.2 Å². The Morgan fingerprint density at radius 2 is 1.85 bits per heavy atom. The summed E-state index contributed by atoms with van der Waals surface area (Å²) in [6.07, 6.45) is 0. The van der Waals surface area contributed by atoms with Crippen LogP contribution in [-0.2, 0) is 0 Å². The van der Waals surface area contributed by atoms with Crippen LogP contribution in [0.2, 0.25) is 0 Å². The predicted octanol–water partition coefficient (Wildman–Crippen LogP) is 3.08. The molecule has 1 amide bonds. The van der Waals surface area contributed by atoms with Gasteiger partial charge in [0.05, 0.1) is 11.1 Å². The number of amides is 1. The van der Waals surface area contributed by atoms with Crippen molar-refractivity contribution in [3.63, 3.8) is 0 Å². The second kappa shape index (κ2) is 5.52. The Morgan fingerprint density at radius 1 is 1.15 bits per heavy atom. The fourth-order valence-corrected chi connectivity index (χ4v) is 1.75. The highest BCUT2D eigenvalue weighted by Gasteiger charge is 2.13. The molecule has 2 N–H and O–H groups in total. The van der Waals surface area contributed by atoms with Gasteiger partial charge < -0.3 is 10.4 Å². The zero-order valence-electron chi connectivity index (χ0n) is 10.7. The predicted molar refractivity (Wildman–Crippen MR) is 72.5 cm³/mol. The summed E-state index contributed by atoms with van der Waals surface area (Å²) < 4.78 is 13.8. The van der Waals surface area contributed by atoms with Gasteiger partial charge in [0, 0.05) is 5.69 Å². The molecule has 0 aromatic heterocycles. The van der Waals surface area contributed by atoms with Crippen molar-refractivity contribution in [2.45, 2.75) is 6.92 Å². The number of halogens is 1. The number of anilines is 1. The lowest BCUT2D eigenvalue weighted by molar-refractivity contribution is 0.0696. The average Bonchev–Trinajstić information content (AvgIpc) is 2.42. The lowest BCUT2D eigenvalue weighted by Crippen LogP contribution is -2.14. The summed E-state index contributed by atoms with van der Waals surface area (Å²) in [5, 5.41) is 11.3. The van der Waals surface area contributed by atoms with Gasteiger partial charge in [0.25, 0.3) is 5.91 Å². The molecule has 4 nitrogen and oxygen atoms in total. The highest BCUT2D eigenvalue weighted by molar-refractivity contribution is 6.05. The number of nitrogens with one attached hydrogen (secondary N) is 1. The van der Waals surface area contributed by atoms with Crippen molar-refractivity contribution in [1.82, 2.24) is 0 Å². The maximum Gasteiger partial charge on any atom is 0.335 e. The van der Waals surface area contributed by atoms with Gasteiger partial charge in [-0.05, 0) is 36.8 Å². The molecule has 0 aliphatic carbocycles. The molecule has 0 bridgehead atoms. The number of benzene rings is 2. The molecule has 0 saturated heterocycles. The molecule has 0 aliphatic heterocycles. The van der Waals surface area contributed by atoms with E-state index in [0.29, 0.717) is 11.3 Å². The van der Waals surface area contributed by atoms with Crippen LogP contribution in [0.15, 0.2) is 42.5 Å². The fourth-order valence-electron chi connectivity index (χ4n) is 1.75. The highest BCUT2D eigenvalue weighted by Crippen LogP contribution is 2.16. The highest BCUT2D eigenvalue weighted by atomic mass is 19.1. The fraction of sp³-hybridized carbons (Fsp3) is 0.0667. The molecule has 2 aromatic carbocycles. The van der Waals surface area contributed by atoms with Gasteiger partial charge in [-0.2, -0.15) is 0 Å². The molecule has 0 radical (unpaired) electrons. The summed E-state index contributed by atoms with van der Waals surface area (Å²) in [5.74, 6) is -2.30. The molecule has 0 aliphatic rings. The second-order valence-corrected chi connectivity index (χ2v) is 4.28. The summed E-state index contributed by atoms with van der Waals surface area (Å²) in [4.78, 5) is 22.8. The normalized spacial score (nSPS) is 10.1. The molecule has 0 fully saturated rings. The summed E-state index contributed by atoms with van der Waals surface area (Å²) in [5.41, 5.74) is 0.644. The third-order valence-corrected chi connectivity index (χ3v) is 2.80. The van der Waals surface area contributed by atoms with Crippen LogP contribution in [-0.4, -0.2) is 17.0 Å². The Labute approximate surface area is 114 Å². The largest absolute Gasteiger partial charge is 0.478 e. The van der Waals surface area contributed by atoms with E-state index in [0.717, 1.165) is 0 Å². The van der Waals surface area contributed by atoms with Crippen LogP contribution in [0.25, 0.3) is 0 Å². The first-order valence-electron chi connectivity index (χ1n) is 5.89. The third-order valence-electron chi connectivity index (χ3n) is 2.80. The first-order chi connectivity index (χ1) is 9.49. The smallest absolute Gasteiger partial charge is 0.335 e. The van der Waals surface area contributed by atoms with Crippen molar-refractivity contribution in [2.75, 3.05) is 5.32 Å². The second-order valence-electron chi connectivity index (χ2n) is 4.28. The van der Waals surface area contributed by atoms with Crippen LogP contribution in [0.1, 0.15) is 26.3 Å². The Hall–Kier alpha value is -2.69. The molecule has 2 rings (SSSR count). The van der Waals surface area contributed by atoms with Crippen molar-refractivity contribution >= 4 is 17.6 Å². The van der Waals surface area contributed by atoms with E-state index in [1.165, 1.54) is 30.3 Å². The van der Waals surface area contributed by atoms with Crippen molar-refractivity contribution in [1.29, 1.82) is 0 Å². The maximum atomic E-state index is 13.8. The van der Waals surface area contributed by atoms with Gasteiger partial charge in [0.1, 0.15) is 5.82 Å². The van der Waals surface area contributed by atoms with Gasteiger partial charge in [-0.3, -0.25) is 4.79 Å². The number of carbonyl (C=O) groups is 2. The van der Waals surface area contributed by atoms with Crippen LogP contribution in [0.3, 0.4) is 0 Å². The van der Waals surface area contributed by atoms with Crippen LogP contribution in [0.5, 0.6) is 0 Å². The summed E-state index contributed by atoms with van der Waals surface area (Å²) in [6.45, 7) is 1.57. The average molecular weight is 273 g/mol. The standard InChI is InChI=1S/C15H12FNO3/c1-9-4-2-7-12(13(9)16)14(18)17-11-6-3-5-10(8-11)15(19)20/h2-8H,1H3,(H,17,18)(H,19,20). The van der Waals surface area contributed by atoms with Gasteiger partial charge in [-0.15, -0.1) is 0 Å².